The summed E-state index contributed by atoms with van der Waals surface area (Å²) in [5, 5.41) is 3.78. The predicted octanol–water partition coefficient (Wildman–Crippen LogP) is 3.09. The van der Waals surface area contributed by atoms with Crippen molar-refractivity contribution < 1.29 is 13.9 Å². The minimum atomic E-state index is -0.319. The van der Waals surface area contributed by atoms with E-state index < -0.39 is 0 Å². The van der Waals surface area contributed by atoms with Crippen LogP contribution in [0, 0.1) is 13.8 Å². The molecular weight excluding hydrogens is 280 g/mol. The summed E-state index contributed by atoms with van der Waals surface area (Å²) in [5.41, 5.74) is 4.69. The number of aryl methyl sites for hydroxylation is 2. The second-order valence-electron chi connectivity index (χ2n) is 4.72. The van der Waals surface area contributed by atoms with Crippen molar-refractivity contribution in [2.24, 2.45) is 5.10 Å². The molecule has 0 atom stereocenters. The Labute approximate surface area is 129 Å². The van der Waals surface area contributed by atoms with Crippen LogP contribution >= 0.6 is 0 Å². The number of hydrogen-bond acceptors (Lipinski definition) is 4. The predicted molar refractivity (Wildman–Crippen MR) is 85.8 cm³/mol. The van der Waals surface area contributed by atoms with Gasteiger partial charge in [0.25, 0.3) is 5.91 Å². The summed E-state index contributed by atoms with van der Waals surface area (Å²) in [6.07, 6.45) is 6.46. The number of nitrogens with zero attached hydrogens (tertiary/aromatic N) is 1. The topological polar surface area (TPSA) is 63.8 Å². The average molecular weight is 298 g/mol. The first-order valence-electron chi connectivity index (χ1n) is 6.87. The summed E-state index contributed by atoms with van der Waals surface area (Å²) in [6.45, 7) is 3.94. The molecule has 0 saturated carbocycles. The molecule has 114 valence electrons. The van der Waals surface area contributed by atoms with E-state index in [1.54, 1.807) is 24.5 Å². The Balaban J connectivity index is 1.72. The molecule has 0 radical (unpaired) electrons. The fourth-order valence-corrected chi connectivity index (χ4v) is 1.66. The van der Waals surface area contributed by atoms with E-state index in [4.69, 9.17) is 9.15 Å². The van der Waals surface area contributed by atoms with Crippen molar-refractivity contribution in [3.63, 3.8) is 0 Å². The van der Waals surface area contributed by atoms with Crippen LogP contribution in [0.15, 0.2) is 52.2 Å². The average Bonchev–Trinajstić information content (AvgIpc) is 3.01. The number of carbonyl (C=O) groups is 1. The number of hydrazone groups is 1. The highest BCUT2D eigenvalue weighted by Crippen LogP contribution is 2.16. The monoisotopic (exact) mass is 298 g/mol. The van der Waals surface area contributed by atoms with E-state index in [0.717, 1.165) is 11.3 Å². The molecule has 0 bridgehead atoms. The molecule has 5 heteroatoms. The maximum atomic E-state index is 11.6. The number of carbonyl (C=O) groups excluding carboxylic acids is 1. The lowest BCUT2D eigenvalue weighted by Gasteiger charge is -2.07. The quantitative estimate of drug-likeness (QED) is 0.658. The third-order valence-corrected chi connectivity index (χ3v) is 3.00. The van der Waals surface area contributed by atoms with Gasteiger partial charge >= 0.3 is 0 Å². The smallest absolute Gasteiger partial charge is 0.277 e. The minimum absolute atomic E-state index is 0.0816. The standard InChI is InChI=1S/C17H18N2O3/c1-13-7-8-16(11-14(13)2)22-12-17(20)19-18-9-3-5-15-6-4-10-21-15/h3-11H,12H2,1-2H3,(H,19,20)/b5-3+,18-9-. The van der Waals surface area contributed by atoms with E-state index in [0.29, 0.717) is 5.75 Å². The lowest BCUT2D eigenvalue weighted by molar-refractivity contribution is -0.123. The molecule has 2 aromatic rings. The second kappa shape index (κ2) is 7.83. The molecule has 1 heterocycles. The number of allylic oxidation sites excluding steroid dienone is 1. The molecule has 5 nitrogen and oxygen atoms in total. The Kier molecular flexibility index (Phi) is 5.54. The van der Waals surface area contributed by atoms with Gasteiger partial charge in [0.05, 0.1) is 6.26 Å². The van der Waals surface area contributed by atoms with Crippen molar-refractivity contribution in [3.8, 4) is 5.75 Å². The van der Waals surface area contributed by atoms with E-state index in [2.05, 4.69) is 10.5 Å². The van der Waals surface area contributed by atoms with Crippen LogP contribution in [0.5, 0.6) is 5.75 Å². The number of benzene rings is 1. The molecule has 0 aliphatic rings. The third-order valence-electron chi connectivity index (χ3n) is 3.00. The largest absolute Gasteiger partial charge is 0.484 e. The summed E-state index contributed by atoms with van der Waals surface area (Å²) in [4.78, 5) is 11.6. The Morgan fingerprint density at radius 2 is 2.18 bits per heavy atom. The highest BCUT2D eigenvalue weighted by atomic mass is 16.5. The molecule has 1 amide bonds. The van der Waals surface area contributed by atoms with Gasteiger partial charge in [-0.15, -0.1) is 0 Å². The van der Waals surface area contributed by atoms with Crippen LogP contribution in [0.1, 0.15) is 16.9 Å². The fraction of sp³-hybridized carbons (Fsp3) is 0.176. The summed E-state index contributed by atoms with van der Waals surface area (Å²) in [5.74, 6) is 1.07. The molecule has 0 aliphatic carbocycles. The number of rotatable bonds is 6. The van der Waals surface area contributed by atoms with E-state index in [-0.39, 0.29) is 12.5 Å². The lowest BCUT2D eigenvalue weighted by atomic mass is 10.1. The van der Waals surface area contributed by atoms with E-state index in [9.17, 15) is 4.79 Å². The zero-order valence-corrected chi connectivity index (χ0v) is 12.6. The molecule has 1 aromatic carbocycles. The van der Waals surface area contributed by atoms with Crippen molar-refractivity contribution >= 4 is 18.2 Å². The van der Waals surface area contributed by atoms with Gasteiger partial charge in [0, 0.05) is 6.21 Å². The van der Waals surface area contributed by atoms with E-state index >= 15 is 0 Å². The van der Waals surface area contributed by atoms with Gasteiger partial charge in [0.2, 0.25) is 0 Å². The van der Waals surface area contributed by atoms with Gasteiger partial charge in [0.1, 0.15) is 11.5 Å². The first kappa shape index (κ1) is 15.6. The molecule has 0 saturated heterocycles. The van der Waals surface area contributed by atoms with E-state index in [1.807, 2.05) is 38.1 Å². The third kappa shape index (κ3) is 4.94. The van der Waals surface area contributed by atoms with Crippen LogP contribution in [0.25, 0.3) is 6.08 Å². The summed E-state index contributed by atoms with van der Waals surface area (Å²) >= 11 is 0. The van der Waals surface area contributed by atoms with Crippen LogP contribution in [-0.2, 0) is 4.79 Å². The maximum absolute atomic E-state index is 11.6. The van der Waals surface area contributed by atoms with Crippen LogP contribution in [0.4, 0.5) is 0 Å². The molecule has 2 rings (SSSR count). The molecule has 0 spiro atoms. The van der Waals surface area contributed by atoms with Gasteiger partial charge < -0.3 is 9.15 Å². The molecule has 0 aliphatic heterocycles. The molecule has 1 aromatic heterocycles. The van der Waals surface area contributed by atoms with Gasteiger partial charge in [-0.1, -0.05) is 6.07 Å². The highest BCUT2D eigenvalue weighted by molar-refractivity contribution is 5.81. The zero-order chi connectivity index (χ0) is 15.8. The number of furan rings is 1. The molecule has 22 heavy (non-hydrogen) atoms. The van der Waals surface area contributed by atoms with E-state index in [1.165, 1.54) is 11.8 Å². The fourth-order valence-electron chi connectivity index (χ4n) is 1.66. The summed E-state index contributed by atoms with van der Waals surface area (Å²) in [6, 6.07) is 9.31. The second-order valence-corrected chi connectivity index (χ2v) is 4.72. The molecule has 0 fully saturated rings. The zero-order valence-electron chi connectivity index (χ0n) is 12.6. The number of amides is 1. The van der Waals surface area contributed by atoms with Crippen LogP contribution in [0.2, 0.25) is 0 Å². The van der Waals surface area contributed by atoms with Crippen LogP contribution in [0.3, 0.4) is 0 Å². The number of nitrogens with one attached hydrogen (secondary N) is 1. The Morgan fingerprint density at radius 1 is 1.32 bits per heavy atom. The van der Waals surface area contributed by atoms with Gasteiger partial charge in [-0.2, -0.15) is 5.10 Å². The lowest BCUT2D eigenvalue weighted by Crippen LogP contribution is -2.24. The first-order valence-corrected chi connectivity index (χ1v) is 6.87. The van der Waals surface area contributed by atoms with Crippen LogP contribution in [-0.4, -0.2) is 18.7 Å². The number of hydrogen-bond donors (Lipinski definition) is 1. The van der Waals surface area contributed by atoms with Gasteiger partial charge in [-0.05, 0) is 61.4 Å². The van der Waals surface area contributed by atoms with Gasteiger partial charge in [-0.25, -0.2) is 5.43 Å². The first-order chi connectivity index (χ1) is 10.6. The number of ether oxygens (including phenoxy) is 1. The SMILES string of the molecule is Cc1ccc(OCC(=O)N/N=C\C=C\c2ccco2)cc1C. The van der Waals surface area contributed by atoms with Crippen molar-refractivity contribution in [1.29, 1.82) is 0 Å². The maximum Gasteiger partial charge on any atom is 0.277 e. The van der Waals surface area contributed by atoms with Gasteiger partial charge in [0.15, 0.2) is 6.61 Å². The Bertz CT molecular complexity index is 673. The normalized spacial score (nSPS) is 11.2. The van der Waals surface area contributed by atoms with Crippen molar-refractivity contribution in [2.75, 3.05) is 6.61 Å². The van der Waals surface area contributed by atoms with Crippen molar-refractivity contribution in [2.45, 2.75) is 13.8 Å². The Morgan fingerprint density at radius 3 is 2.91 bits per heavy atom. The minimum Gasteiger partial charge on any atom is -0.484 e. The molecule has 1 N–H and O–H groups in total. The van der Waals surface area contributed by atoms with Crippen molar-refractivity contribution in [3.05, 3.63) is 59.6 Å². The molecule has 0 unspecified atom stereocenters. The van der Waals surface area contributed by atoms with Gasteiger partial charge in [-0.3, -0.25) is 4.79 Å². The summed E-state index contributed by atoms with van der Waals surface area (Å²) in [7, 11) is 0. The van der Waals surface area contributed by atoms with Crippen LogP contribution < -0.4 is 10.2 Å². The van der Waals surface area contributed by atoms with Crippen molar-refractivity contribution in [1.82, 2.24) is 5.43 Å². The summed E-state index contributed by atoms with van der Waals surface area (Å²) < 4.78 is 10.5. The Hall–Kier alpha value is -2.82. The molecular formula is C17H18N2O3. The highest BCUT2D eigenvalue weighted by Gasteiger charge is 2.02.